The van der Waals surface area contributed by atoms with E-state index in [1.54, 1.807) is 24.3 Å². The molecule has 0 bridgehead atoms. The average Bonchev–Trinajstić information content (AvgIpc) is 3.16. The molecule has 0 saturated carbocycles. The summed E-state index contributed by atoms with van der Waals surface area (Å²) in [5.74, 6) is -1.45. The molecule has 0 spiro atoms. The first kappa shape index (κ1) is 21.3. The molecule has 1 atom stereocenters. The largest absolute Gasteiger partial charge is 0.480 e. The zero-order valence-electron chi connectivity index (χ0n) is 16.6. The van der Waals surface area contributed by atoms with E-state index >= 15 is 0 Å². The predicted molar refractivity (Wildman–Crippen MR) is 121 cm³/mol. The number of aliphatic carboxylic acids is 1. The summed E-state index contributed by atoms with van der Waals surface area (Å²) in [7, 11) is 0. The van der Waals surface area contributed by atoms with Crippen LogP contribution in [0.2, 0.25) is 5.02 Å². The summed E-state index contributed by atoms with van der Waals surface area (Å²) in [6.07, 6.45) is 0.672. The second-order valence-corrected chi connectivity index (χ2v) is 8.74. The maximum absolute atomic E-state index is 12.5. The number of carboxylic acids is 1. The number of rotatable bonds is 6. The smallest absolute Gasteiger partial charge is 0.344 e. The third kappa shape index (κ3) is 4.56. The lowest BCUT2D eigenvalue weighted by Crippen LogP contribution is -2.37. The Hall–Kier alpha value is -2.93. The maximum atomic E-state index is 12.5. The molecule has 1 aliphatic rings. The van der Waals surface area contributed by atoms with E-state index in [0.29, 0.717) is 46.3 Å². The van der Waals surface area contributed by atoms with Crippen molar-refractivity contribution >= 4 is 40.4 Å². The van der Waals surface area contributed by atoms with E-state index in [4.69, 9.17) is 16.3 Å². The summed E-state index contributed by atoms with van der Waals surface area (Å²) < 4.78 is 5.55. The van der Waals surface area contributed by atoms with Crippen LogP contribution < -0.4 is 4.74 Å². The van der Waals surface area contributed by atoms with Crippen LogP contribution in [-0.2, 0) is 22.6 Å². The molecule has 1 unspecified atom stereocenters. The molecule has 1 N–H and O–H groups in total. The molecule has 3 aromatic rings. The van der Waals surface area contributed by atoms with Crippen molar-refractivity contribution in [2.75, 3.05) is 6.54 Å². The second-order valence-electron chi connectivity index (χ2n) is 7.23. The van der Waals surface area contributed by atoms with Crippen molar-refractivity contribution in [3.05, 3.63) is 93.8 Å². The molecule has 158 valence electrons. The number of hydrogen-bond donors (Lipinski definition) is 1. The van der Waals surface area contributed by atoms with Gasteiger partial charge in [-0.2, -0.15) is 0 Å². The zero-order valence-corrected chi connectivity index (χ0v) is 18.2. The monoisotopic (exact) mass is 453 g/mol. The lowest BCUT2D eigenvalue weighted by molar-refractivity contribution is -0.144. The van der Waals surface area contributed by atoms with Gasteiger partial charge in [-0.05, 0) is 35.2 Å². The minimum absolute atomic E-state index is 0.290. The normalized spacial score (nSPS) is 14.5. The standard InChI is InChI=1S/C24H20ClNO4S/c1-15(16-7-3-2-4-8-16)24(29)30-21-13-17-14-26(12-11-20(17)31-21)22(23(27)28)18-9-5-6-10-19(18)25/h2-10,13,22H,1,11-12,14H2,(H,27,28). The molecule has 0 saturated heterocycles. The highest BCUT2D eigenvalue weighted by Gasteiger charge is 2.32. The van der Waals surface area contributed by atoms with Crippen LogP contribution in [0.4, 0.5) is 0 Å². The molecule has 7 heteroatoms. The Morgan fingerprint density at radius 3 is 2.55 bits per heavy atom. The van der Waals surface area contributed by atoms with E-state index < -0.39 is 18.0 Å². The van der Waals surface area contributed by atoms with Gasteiger partial charge in [-0.1, -0.05) is 66.7 Å². The van der Waals surface area contributed by atoms with Gasteiger partial charge in [0.25, 0.3) is 0 Å². The third-order valence-electron chi connectivity index (χ3n) is 5.23. The van der Waals surface area contributed by atoms with Crippen molar-refractivity contribution < 1.29 is 19.4 Å². The number of nitrogens with zero attached hydrogens (tertiary/aromatic N) is 1. The van der Waals surface area contributed by atoms with Crippen molar-refractivity contribution in [2.45, 2.75) is 19.0 Å². The number of ether oxygens (including phenoxy) is 1. The van der Waals surface area contributed by atoms with Gasteiger partial charge < -0.3 is 9.84 Å². The van der Waals surface area contributed by atoms with Gasteiger partial charge >= 0.3 is 11.9 Å². The summed E-state index contributed by atoms with van der Waals surface area (Å²) >= 11 is 7.68. The summed E-state index contributed by atoms with van der Waals surface area (Å²) in [4.78, 5) is 27.5. The van der Waals surface area contributed by atoms with Gasteiger partial charge in [0.05, 0.1) is 5.57 Å². The van der Waals surface area contributed by atoms with Gasteiger partial charge in [-0.3, -0.25) is 9.69 Å². The molecule has 2 aromatic carbocycles. The Morgan fingerprint density at radius 1 is 1.13 bits per heavy atom. The first-order valence-corrected chi connectivity index (χ1v) is 10.9. The van der Waals surface area contributed by atoms with Crippen molar-refractivity contribution in [3.8, 4) is 5.06 Å². The molecule has 1 aliphatic heterocycles. The molecule has 31 heavy (non-hydrogen) atoms. The van der Waals surface area contributed by atoms with Crippen LogP contribution in [0.25, 0.3) is 5.57 Å². The number of esters is 1. The maximum Gasteiger partial charge on any atom is 0.344 e. The SMILES string of the molecule is C=C(C(=O)Oc1cc2c(s1)CCN(C(C(=O)O)c1ccccc1Cl)C2)c1ccccc1. The molecule has 1 aromatic heterocycles. The molecular formula is C24H20ClNO4S. The first-order valence-electron chi connectivity index (χ1n) is 9.73. The number of thiophene rings is 1. The molecule has 2 heterocycles. The molecule has 0 fully saturated rings. The number of hydrogen-bond acceptors (Lipinski definition) is 5. The van der Waals surface area contributed by atoms with E-state index in [1.807, 2.05) is 41.3 Å². The highest BCUT2D eigenvalue weighted by molar-refractivity contribution is 7.14. The zero-order chi connectivity index (χ0) is 22.0. The lowest BCUT2D eigenvalue weighted by Gasteiger charge is -2.32. The fourth-order valence-electron chi connectivity index (χ4n) is 3.69. The van der Waals surface area contributed by atoms with Gasteiger partial charge in [0.1, 0.15) is 6.04 Å². The lowest BCUT2D eigenvalue weighted by atomic mass is 10.0. The number of halogens is 1. The summed E-state index contributed by atoms with van der Waals surface area (Å²) in [5, 5.41) is 10.8. The molecule has 5 nitrogen and oxygen atoms in total. The van der Waals surface area contributed by atoms with E-state index in [1.165, 1.54) is 11.3 Å². The van der Waals surface area contributed by atoms with E-state index in [2.05, 4.69) is 6.58 Å². The highest BCUT2D eigenvalue weighted by atomic mass is 35.5. The topological polar surface area (TPSA) is 66.8 Å². The van der Waals surface area contributed by atoms with Crippen LogP contribution in [0, 0.1) is 0 Å². The van der Waals surface area contributed by atoms with Gasteiger partial charge in [-0.15, -0.1) is 11.3 Å². The Kier molecular flexibility index (Phi) is 6.23. The van der Waals surface area contributed by atoms with Gasteiger partial charge in [0.15, 0.2) is 5.06 Å². The fourth-order valence-corrected chi connectivity index (χ4v) is 4.94. The number of carboxylic acid groups (broad SMARTS) is 1. The quantitative estimate of drug-likeness (QED) is 0.410. The van der Waals surface area contributed by atoms with Crippen LogP contribution in [0.15, 0.2) is 67.2 Å². The van der Waals surface area contributed by atoms with Crippen molar-refractivity contribution in [1.82, 2.24) is 4.90 Å². The van der Waals surface area contributed by atoms with E-state index in [0.717, 1.165) is 10.4 Å². The van der Waals surface area contributed by atoms with E-state index in [-0.39, 0.29) is 0 Å². The number of benzene rings is 2. The number of fused-ring (bicyclic) bond motifs is 1. The van der Waals surface area contributed by atoms with Crippen LogP contribution in [0.1, 0.15) is 27.6 Å². The number of carbonyl (C=O) groups is 2. The molecular weight excluding hydrogens is 434 g/mol. The molecule has 4 rings (SSSR count). The van der Waals surface area contributed by atoms with Gasteiger partial charge in [0.2, 0.25) is 0 Å². The number of carbonyl (C=O) groups excluding carboxylic acids is 1. The second kappa shape index (κ2) is 9.06. The van der Waals surface area contributed by atoms with Gasteiger partial charge in [-0.25, -0.2) is 4.79 Å². The van der Waals surface area contributed by atoms with E-state index in [9.17, 15) is 14.7 Å². The van der Waals surface area contributed by atoms with Crippen molar-refractivity contribution in [2.24, 2.45) is 0 Å². The van der Waals surface area contributed by atoms with Gasteiger partial charge in [0, 0.05) is 23.0 Å². The Bertz CT molecular complexity index is 1140. The predicted octanol–water partition coefficient (Wildman–Crippen LogP) is 5.20. The Morgan fingerprint density at radius 2 is 1.84 bits per heavy atom. The minimum Gasteiger partial charge on any atom is -0.480 e. The van der Waals surface area contributed by atoms with Crippen LogP contribution in [0.3, 0.4) is 0 Å². The summed E-state index contributed by atoms with van der Waals surface area (Å²) in [6.45, 7) is 4.85. The Balaban J connectivity index is 1.50. The molecule has 0 aliphatic carbocycles. The highest BCUT2D eigenvalue weighted by Crippen LogP contribution is 2.37. The van der Waals surface area contributed by atoms with Crippen molar-refractivity contribution in [3.63, 3.8) is 0 Å². The summed E-state index contributed by atoms with van der Waals surface area (Å²) in [5.41, 5.74) is 2.53. The van der Waals surface area contributed by atoms with Crippen LogP contribution >= 0.6 is 22.9 Å². The fraction of sp³-hybridized carbons (Fsp3) is 0.167. The molecule has 0 amide bonds. The van der Waals surface area contributed by atoms with Crippen LogP contribution in [-0.4, -0.2) is 28.5 Å². The van der Waals surface area contributed by atoms with Crippen molar-refractivity contribution in [1.29, 1.82) is 0 Å². The average molecular weight is 454 g/mol. The molecule has 0 radical (unpaired) electrons. The summed E-state index contributed by atoms with van der Waals surface area (Å²) in [6, 6.07) is 17.1. The minimum atomic E-state index is -0.947. The Labute approximate surface area is 189 Å². The third-order valence-corrected chi connectivity index (χ3v) is 6.69. The van der Waals surface area contributed by atoms with Crippen LogP contribution in [0.5, 0.6) is 5.06 Å². The first-order chi connectivity index (χ1) is 14.9.